The Hall–Kier alpha value is -0.320. The van der Waals surface area contributed by atoms with Crippen LogP contribution >= 0.6 is 0 Å². The Kier molecular flexibility index (Phi) is 5.65. The van der Waals surface area contributed by atoms with Crippen LogP contribution in [-0.2, 0) is 4.74 Å². The molecule has 0 saturated carbocycles. The largest absolute Gasteiger partial charge is 0.347 e. The minimum atomic E-state index is -1.39. The van der Waals surface area contributed by atoms with Crippen LogP contribution in [0.25, 0.3) is 0 Å². The summed E-state index contributed by atoms with van der Waals surface area (Å²) in [6, 6.07) is 0. The first-order valence-corrected chi connectivity index (χ1v) is 6.92. The molecular formula is C11H29N7O. The molecule has 0 aromatic rings. The maximum atomic E-state index is 5.90. The van der Waals surface area contributed by atoms with E-state index in [1.165, 1.54) is 0 Å². The highest BCUT2D eigenvalue weighted by Crippen LogP contribution is 2.19. The summed E-state index contributed by atoms with van der Waals surface area (Å²) in [6.07, 6.45) is 4.59. The second-order valence-corrected chi connectivity index (χ2v) is 5.25. The monoisotopic (exact) mass is 275 g/mol. The van der Waals surface area contributed by atoms with Crippen molar-refractivity contribution in [2.75, 3.05) is 6.61 Å². The van der Waals surface area contributed by atoms with Gasteiger partial charge in [0.25, 0.3) is 0 Å². The van der Waals surface area contributed by atoms with E-state index < -0.39 is 17.7 Å². The van der Waals surface area contributed by atoms with Gasteiger partial charge in [-0.1, -0.05) is 26.7 Å². The van der Waals surface area contributed by atoms with Gasteiger partial charge in [0, 0.05) is 6.42 Å². The van der Waals surface area contributed by atoms with Crippen molar-refractivity contribution in [3.8, 4) is 0 Å². The lowest BCUT2D eigenvalue weighted by Crippen LogP contribution is -2.95. The molecule has 1 saturated heterocycles. The minimum absolute atomic E-state index is 0.576. The second-order valence-electron chi connectivity index (χ2n) is 5.25. The fourth-order valence-electron chi connectivity index (χ4n) is 2.19. The summed E-state index contributed by atoms with van der Waals surface area (Å²) in [7, 11) is 0. The molecule has 0 bridgehead atoms. The summed E-state index contributed by atoms with van der Waals surface area (Å²) in [5.74, 6) is -3.70. The number of rotatable bonds is 7. The third-order valence-corrected chi connectivity index (χ3v) is 2.96. The molecule has 0 aromatic heterocycles. The van der Waals surface area contributed by atoms with Gasteiger partial charge in [-0.15, -0.1) is 0 Å². The summed E-state index contributed by atoms with van der Waals surface area (Å²) in [5, 5.41) is 8.68. The molecule has 0 radical (unpaired) electrons. The quantitative estimate of drug-likeness (QED) is 0.219. The Morgan fingerprint density at radius 1 is 0.842 bits per heavy atom. The van der Waals surface area contributed by atoms with Crippen LogP contribution in [0, 0.1) is 0 Å². The normalized spacial score (nSPS) is 24.3. The number of hydrogen-bond donors (Lipinski definition) is 7. The van der Waals surface area contributed by atoms with Crippen LogP contribution in [0.15, 0.2) is 0 Å². The Morgan fingerprint density at radius 3 is 1.84 bits per heavy atom. The highest BCUT2D eigenvalue weighted by atomic mass is 16.5. The average molecular weight is 275 g/mol. The van der Waals surface area contributed by atoms with Crippen molar-refractivity contribution in [1.29, 1.82) is 0 Å². The van der Waals surface area contributed by atoms with E-state index in [1.54, 1.807) is 0 Å². The van der Waals surface area contributed by atoms with Gasteiger partial charge in [0.15, 0.2) is 17.7 Å². The fraction of sp³-hybridized carbons (Fsp3) is 1.00. The minimum Gasteiger partial charge on any atom is -0.347 e. The Morgan fingerprint density at radius 2 is 1.37 bits per heavy atom. The molecule has 1 heterocycles. The van der Waals surface area contributed by atoms with E-state index >= 15 is 0 Å². The van der Waals surface area contributed by atoms with E-state index in [1.807, 2.05) is 0 Å². The maximum Gasteiger partial charge on any atom is 0.183 e. The summed E-state index contributed by atoms with van der Waals surface area (Å²) in [4.78, 5) is 0. The highest BCUT2D eigenvalue weighted by Gasteiger charge is 2.48. The smallest absolute Gasteiger partial charge is 0.183 e. The van der Waals surface area contributed by atoms with Crippen molar-refractivity contribution >= 4 is 0 Å². The number of nitrogens with one attached hydrogen (secondary N) is 3. The molecule has 11 N–H and O–H groups in total. The van der Waals surface area contributed by atoms with E-state index in [2.05, 4.69) is 29.8 Å². The highest BCUT2D eigenvalue weighted by molar-refractivity contribution is 4.96. The molecule has 0 aliphatic carbocycles. The molecule has 0 amide bonds. The van der Waals surface area contributed by atoms with Gasteiger partial charge in [0.05, 0.1) is 6.61 Å². The molecule has 8 heteroatoms. The lowest BCUT2D eigenvalue weighted by atomic mass is 10.1. The van der Waals surface area contributed by atoms with Gasteiger partial charge in [0.2, 0.25) is 0 Å². The number of nitrogens with two attached hydrogens (primary N) is 4. The van der Waals surface area contributed by atoms with E-state index in [-0.39, 0.29) is 0 Å². The molecule has 0 unspecified atom stereocenters. The van der Waals surface area contributed by atoms with Gasteiger partial charge < -0.3 is 4.74 Å². The first-order valence-electron chi connectivity index (χ1n) is 6.92. The molecule has 114 valence electrons. The predicted molar refractivity (Wildman–Crippen MR) is 74.7 cm³/mol. The standard InChI is InChI=1S/C11H29N7O/c1-3-5-7-9(19-8-6-4-2)16-10(12,13)18-11(14,15)17-9/h16-18H,3-8,12-15H2,1-2H3. The van der Waals surface area contributed by atoms with Gasteiger partial charge in [-0.05, 0) is 12.8 Å². The average Bonchev–Trinajstić information content (AvgIpc) is 2.22. The van der Waals surface area contributed by atoms with Crippen molar-refractivity contribution in [3.63, 3.8) is 0 Å². The zero-order valence-corrected chi connectivity index (χ0v) is 12.0. The topological polar surface area (TPSA) is 149 Å². The lowest BCUT2D eigenvalue weighted by molar-refractivity contribution is -0.175. The molecule has 0 spiro atoms. The van der Waals surface area contributed by atoms with E-state index in [9.17, 15) is 0 Å². The van der Waals surface area contributed by atoms with Gasteiger partial charge >= 0.3 is 0 Å². The van der Waals surface area contributed by atoms with Crippen LogP contribution in [0.3, 0.4) is 0 Å². The first kappa shape index (κ1) is 16.7. The first-order chi connectivity index (χ1) is 8.74. The second kappa shape index (κ2) is 6.42. The van der Waals surface area contributed by atoms with Crippen LogP contribution in [0.1, 0.15) is 46.0 Å². The summed E-state index contributed by atoms with van der Waals surface area (Å²) < 4.78 is 5.90. The summed E-state index contributed by atoms with van der Waals surface area (Å²) in [6.45, 7) is 4.77. The van der Waals surface area contributed by atoms with Crippen LogP contribution in [0.4, 0.5) is 0 Å². The van der Waals surface area contributed by atoms with Crippen molar-refractivity contribution in [2.45, 2.75) is 63.6 Å². The SMILES string of the molecule is CCCCOC1(CCCC)NC(N)(N)NC(N)(N)N1. The van der Waals surface area contributed by atoms with E-state index in [0.717, 1.165) is 25.7 Å². The zero-order valence-electron chi connectivity index (χ0n) is 12.0. The molecule has 1 aliphatic heterocycles. The van der Waals surface area contributed by atoms with E-state index in [0.29, 0.717) is 13.0 Å². The summed E-state index contributed by atoms with van der Waals surface area (Å²) >= 11 is 0. The number of unbranched alkanes of at least 4 members (excludes halogenated alkanes) is 2. The Balaban J connectivity index is 2.81. The van der Waals surface area contributed by atoms with Crippen molar-refractivity contribution in [1.82, 2.24) is 16.0 Å². The van der Waals surface area contributed by atoms with Gasteiger partial charge in [-0.2, -0.15) is 0 Å². The van der Waals surface area contributed by atoms with Gasteiger partial charge in [0.1, 0.15) is 0 Å². The molecule has 19 heavy (non-hydrogen) atoms. The van der Waals surface area contributed by atoms with Gasteiger partial charge in [-0.25, -0.2) is 16.0 Å². The summed E-state index contributed by atoms with van der Waals surface area (Å²) in [5.41, 5.74) is 23.5. The lowest BCUT2D eigenvalue weighted by Gasteiger charge is -2.52. The zero-order chi connectivity index (χ0) is 14.6. The van der Waals surface area contributed by atoms with Crippen LogP contribution in [0.2, 0.25) is 0 Å². The predicted octanol–water partition coefficient (Wildman–Crippen LogP) is -1.51. The number of ether oxygens (including phenoxy) is 1. The molecule has 8 nitrogen and oxygen atoms in total. The van der Waals surface area contributed by atoms with Crippen molar-refractivity contribution in [2.24, 2.45) is 22.9 Å². The Labute approximate surface area is 115 Å². The van der Waals surface area contributed by atoms with Crippen molar-refractivity contribution < 1.29 is 4.74 Å². The Bertz CT molecular complexity index is 266. The molecule has 1 fully saturated rings. The molecule has 1 rings (SSSR count). The van der Waals surface area contributed by atoms with Crippen molar-refractivity contribution in [3.05, 3.63) is 0 Å². The molecule has 0 atom stereocenters. The van der Waals surface area contributed by atoms with Crippen LogP contribution in [-0.4, -0.2) is 24.3 Å². The van der Waals surface area contributed by atoms with Crippen LogP contribution in [0.5, 0.6) is 0 Å². The van der Waals surface area contributed by atoms with Crippen LogP contribution < -0.4 is 38.9 Å². The van der Waals surface area contributed by atoms with E-state index in [4.69, 9.17) is 27.7 Å². The molecular weight excluding hydrogens is 246 g/mol. The third kappa shape index (κ3) is 5.28. The fourth-order valence-corrected chi connectivity index (χ4v) is 2.19. The maximum absolute atomic E-state index is 5.90. The van der Waals surface area contributed by atoms with Gasteiger partial charge in [-0.3, -0.25) is 22.9 Å². The molecule has 0 aromatic carbocycles. The third-order valence-electron chi connectivity index (χ3n) is 2.96. The molecule has 1 aliphatic rings. The number of hydrogen-bond acceptors (Lipinski definition) is 8.